The topological polar surface area (TPSA) is 81.6 Å². The smallest absolute Gasteiger partial charge is 0.225 e. The molecule has 3 rings (SSSR count). The Balaban J connectivity index is 1.38. The van der Waals surface area contributed by atoms with Gasteiger partial charge >= 0.3 is 0 Å². The molecule has 8 nitrogen and oxygen atoms in total. The first-order chi connectivity index (χ1) is 14.2. The first-order valence-corrected chi connectivity index (χ1v) is 10.5. The van der Waals surface area contributed by atoms with Crippen LogP contribution in [-0.2, 0) is 6.42 Å². The van der Waals surface area contributed by atoms with Crippen LogP contribution in [0.1, 0.15) is 12.5 Å². The normalized spacial score (nSPS) is 15.4. The van der Waals surface area contributed by atoms with E-state index in [9.17, 15) is 0 Å². The second-order valence-corrected chi connectivity index (χ2v) is 7.19. The van der Waals surface area contributed by atoms with Crippen molar-refractivity contribution < 1.29 is 0 Å². The Morgan fingerprint density at radius 1 is 1.10 bits per heavy atom. The molecule has 3 heterocycles. The average molecular weight is 417 g/mol. The summed E-state index contributed by atoms with van der Waals surface area (Å²) in [6, 6.07) is 5.67. The van der Waals surface area contributed by atoms with Gasteiger partial charge in [0.1, 0.15) is 5.15 Å². The highest BCUT2D eigenvalue weighted by atomic mass is 35.5. The van der Waals surface area contributed by atoms with Crippen LogP contribution < -0.4 is 15.5 Å². The monoisotopic (exact) mass is 416 g/mol. The molecule has 0 radical (unpaired) electrons. The fourth-order valence-corrected chi connectivity index (χ4v) is 3.26. The van der Waals surface area contributed by atoms with Crippen molar-refractivity contribution in [2.75, 3.05) is 57.3 Å². The van der Waals surface area contributed by atoms with Crippen LogP contribution in [0, 0.1) is 0 Å². The van der Waals surface area contributed by atoms with E-state index in [4.69, 9.17) is 16.6 Å². The van der Waals surface area contributed by atoms with Crippen molar-refractivity contribution >= 4 is 23.5 Å². The van der Waals surface area contributed by atoms with Gasteiger partial charge in [0.05, 0.1) is 6.54 Å². The average Bonchev–Trinajstić information content (AvgIpc) is 2.76. The number of rotatable bonds is 8. The van der Waals surface area contributed by atoms with Crippen molar-refractivity contribution in [3.8, 4) is 0 Å². The largest absolute Gasteiger partial charge is 0.357 e. The lowest BCUT2D eigenvalue weighted by molar-refractivity contribution is 0.263. The van der Waals surface area contributed by atoms with Crippen LogP contribution in [0.4, 0.5) is 5.95 Å². The second kappa shape index (κ2) is 11.5. The van der Waals surface area contributed by atoms with Crippen molar-refractivity contribution in [1.82, 2.24) is 30.5 Å². The summed E-state index contributed by atoms with van der Waals surface area (Å²) in [6.45, 7) is 9.31. The minimum absolute atomic E-state index is 0.522. The van der Waals surface area contributed by atoms with Crippen LogP contribution in [0.3, 0.4) is 0 Å². The molecule has 29 heavy (non-hydrogen) atoms. The lowest BCUT2D eigenvalue weighted by Gasteiger charge is -2.34. The predicted molar refractivity (Wildman–Crippen MR) is 118 cm³/mol. The summed E-state index contributed by atoms with van der Waals surface area (Å²) in [4.78, 5) is 22.2. The van der Waals surface area contributed by atoms with Gasteiger partial charge in [-0.1, -0.05) is 17.7 Å². The van der Waals surface area contributed by atoms with E-state index in [0.717, 1.165) is 76.3 Å². The highest BCUT2D eigenvalue weighted by Crippen LogP contribution is 2.09. The number of aromatic nitrogens is 3. The predicted octanol–water partition coefficient (Wildman–Crippen LogP) is 1.44. The number of hydrogen-bond acceptors (Lipinski definition) is 6. The molecule has 0 atom stereocenters. The quantitative estimate of drug-likeness (QED) is 0.383. The van der Waals surface area contributed by atoms with Crippen molar-refractivity contribution in [3.63, 3.8) is 0 Å². The molecule has 0 bridgehead atoms. The van der Waals surface area contributed by atoms with E-state index in [1.54, 1.807) is 12.4 Å². The molecular weight excluding hydrogens is 388 g/mol. The molecule has 0 saturated carbocycles. The van der Waals surface area contributed by atoms with E-state index in [2.05, 4.69) is 42.3 Å². The Labute approximate surface area is 177 Å². The molecule has 0 aromatic carbocycles. The standard InChI is InChI=1S/C20H29ClN8/c1-2-22-19(23-9-6-17-4-5-18(21)27-16-17)24-10-11-28-12-14-29(15-13-28)20-25-7-3-8-26-20/h3-5,7-8,16H,2,6,9-15H2,1H3,(H2,22,23,24). The molecule has 1 aliphatic rings. The molecule has 1 saturated heterocycles. The van der Waals surface area contributed by atoms with Gasteiger partial charge in [-0.2, -0.15) is 0 Å². The molecule has 0 unspecified atom stereocenters. The summed E-state index contributed by atoms with van der Waals surface area (Å²) in [5.41, 5.74) is 1.15. The summed E-state index contributed by atoms with van der Waals surface area (Å²) in [7, 11) is 0. The van der Waals surface area contributed by atoms with E-state index in [-0.39, 0.29) is 0 Å². The van der Waals surface area contributed by atoms with E-state index >= 15 is 0 Å². The van der Waals surface area contributed by atoms with Crippen LogP contribution in [0.25, 0.3) is 0 Å². The molecule has 1 aliphatic heterocycles. The van der Waals surface area contributed by atoms with Gasteiger partial charge in [-0.15, -0.1) is 0 Å². The van der Waals surface area contributed by atoms with E-state index in [1.807, 2.05) is 24.4 Å². The third-order valence-corrected chi connectivity index (χ3v) is 4.96. The highest BCUT2D eigenvalue weighted by molar-refractivity contribution is 6.29. The highest BCUT2D eigenvalue weighted by Gasteiger charge is 2.18. The van der Waals surface area contributed by atoms with Crippen molar-refractivity contribution in [1.29, 1.82) is 0 Å². The zero-order valence-electron chi connectivity index (χ0n) is 16.9. The minimum Gasteiger partial charge on any atom is -0.357 e. The zero-order chi connectivity index (χ0) is 20.3. The Bertz CT molecular complexity index is 745. The van der Waals surface area contributed by atoms with Gasteiger partial charge in [0.15, 0.2) is 5.96 Å². The maximum Gasteiger partial charge on any atom is 0.225 e. The molecule has 1 fully saturated rings. The van der Waals surface area contributed by atoms with Gasteiger partial charge in [-0.05, 0) is 31.0 Å². The fraction of sp³-hybridized carbons (Fsp3) is 0.500. The number of anilines is 1. The summed E-state index contributed by atoms with van der Waals surface area (Å²) in [5.74, 6) is 1.67. The number of halogens is 1. The molecule has 2 aromatic heterocycles. The molecule has 0 amide bonds. The van der Waals surface area contributed by atoms with Gasteiger partial charge in [0.25, 0.3) is 0 Å². The summed E-state index contributed by atoms with van der Waals surface area (Å²) in [6.07, 6.45) is 6.27. The maximum absolute atomic E-state index is 5.83. The van der Waals surface area contributed by atoms with Crippen LogP contribution in [0.5, 0.6) is 0 Å². The SMILES string of the molecule is CCNC(=NCCN1CCN(c2ncccn2)CC1)NCCc1ccc(Cl)nc1. The fourth-order valence-electron chi connectivity index (χ4n) is 3.15. The van der Waals surface area contributed by atoms with Gasteiger partial charge in [0.2, 0.25) is 5.95 Å². The Morgan fingerprint density at radius 3 is 2.59 bits per heavy atom. The molecule has 2 N–H and O–H groups in total. The number of pyridine rings is 1. The van der Waals surface area contributed by atoms with Gasteiger partial charge in [0, 0.05) is 64.4 Å². The molecule has 0 spiro atoms. The summed E-state index contributed by atoms with van der Waals surface area (Å²) in [5, 5.41) is 7.21. The third-order valence-electron chi connectivity index (χ3n) is 4.73. The minimum atomic E-state index is 0.522. The third kappa shape index (κ3) is 7.14. The lowest BCUT2D eigenvalue weighted by atomic mass is 10.2. The van der Waals surface area contributed by atoms with Crippen LogP contribution in [0.15, 0.2) is 41.8 Å². The number of guanidine groups is 1. The van der Waals surface area contributed by atoms with Crippen molar-refractivity contribution in [2.45, 2.75) is 13.3 Å². The molecule has 0 aliphatic carbocycles. The summed E-state index contributed by atoms with van der Waals surface area (Å²) >= 11 is 5.83. The molecule has 156 valence electrons. The molecular formula is C20H29ClN8. The van der Waals surface area contributed by atoms with Crippen LogP contribution in [0.2, 0.25) is 5.15 Å². The van der Waals surface area contributed by atoms with Crippen LogP contribution in [-0.4, -0.2) is 78.2 Å². The zero-order valence-corrected chi connectivity index (χ0v) is 17.6. The molecule has 2 aromatic rings. The Kier molecular flexibility index (Phi) is 8.45. The summed E-state index contributed by atoms with van der Waals surface area (Å²) < 4.78 is 0. The Morgan fingerprint density at radius 2 is 1.90 bits per heavy atom. The lowest BCUT2D eigenvalue weighted by Crippen LogP contribution is -2.47. The first-order valence-electron chi connectivity index (χ1n) is 10.1. The number of nitrogens with zero attached hydrogens (tertiary/aromatic N) is 6. The van der Waals surface area contributed by atoms with Gasteiger partial charge in [-0.3, -0.25) is 9.89 Å². The number of hydrogen-bond donors (Lipinski definition) is 2. The van der Waals surface area contributed by atoms with Crippen molar-refractivity contribution in [2.24, 2.45) is 4.99 Å². The van der Waals surface area contributed by atoms with Crippen molar-refractivity contribution in [3.05, 3.63) is 47.5 Å². The molecule has 9 heteroatoms. The van der Waals surface area contributed by atoms with Gasteiger partial charge < -0.3 is 15.5 Å². The number of nitrogens with one attached hydrogen (secondary N) is 2. The second-order valence-electron chi connectivity index (χ2n) is 6.80. The van der Waals surface area contributed by atoms with Crippen LogP contribution >= 0.6 is 11.6 Å². The Hall–Kier alpha value is -2.45. The van der Waals surface area contributed by atoms with Gasteiger partial charge in [-0.25, -0.2) is 15.0 Å². The first kappa shape index (κ1) is 21.3. The van der Waals surface area contributed by atoms with E-state index in [0.29, 0.717) is 5.15 Å². The number of piperazine rings is 1. The number of aliphatic imine (C=N–C) groups is 1. The maximum atomic E-state index is 5.83. The van der Waals surface area contributed by atoms with E-state index < -0.39 is 0 Å². The van der Waals surface area contributed by atoms with E-state index in [1.165, 1.54) is 0 Å².